The van der Waals surface area contributed by atoms with Crippen LogP contribution < -0.4 is 0 Å². The first-order valence-corrected chi connectivity index (χ1v) is 6.20. The van der Waals surface area contributed by atoms with Crippen LogP contribution in [0.3, 0.4) is 0 Å². The molecule has 0 aromatic heterocycles. The molecule has 19 heavy (non-hydrogen) atoms. The standard InChI is InChI=1S/C15H17NO3/c1-3-12-4-6-13(7-5-12)10-16-8-9-19-11-14(16)15(17)18-2/h1,4-7,14H,8-11H2,2H3. The van der Waals surface area contributed by atoms with E-state index in [2.05, 4.69) is 10.8 Å². The second-order valence-corrected chi connectivity index (χ2v) is 4.43. The van der Waals surface area contributed by atoms with Crippen molar-refractivity contribution in [2.75, 3.05) is 26.9 Å². The highest BCUT2D eigenvalue weighted by Gasteiger charge is 2.30. The van der Waals surface area contributed by atoms with Crippen molar-refractivity contribution in [1.29, 1.82) is 0 Å². The van der Waals surface area contributed by atoms with Crippen LogP contribution in [0.5, 0.6) is 0 Å². The van der Waals surface area contributed by atoms with Crippen molar-refractivity contribution >= 4 is 5.97 Å². The van der Waals surface area contributed by atoms with E-state index in [0.29, 0.717) is 19.8 Å². The summed E-state index contributed by atoms with van der Waals surface area (Å²) in [6.45, 7) is 2.43. The summed E-state index contributed by atoms with van der Waals surface area (Å²) in [4.78, 5) is 13.8. The Hall–Kier alpha value is -1.83. The lowest BCUT2D eigenvalue weighted by Crippen LogP contribution is -2.49. The lowest BCUT2D eigenvalue weighted by Gasteiger charge is -2.33. The minimum absolute atomic E-state index is 0.250. The molecule has 1 atom stereocenters. The third kappa shape index (κ3) is 3.34. The zero-order valence-corrected chi connectivity index (χ0v) is 11.0. The van der Waals surface area contributed by atoms with Gasteiger partial charge in [0.2, 0.25) is 0 Å². The molecule has 2 rings (SSSR count). The number of terminal acetylenes is 1. The average Bonchev–Trinajstić information content (AvgIpc) is 2.48. The topological polar surface area (TPSA) is 38.8 Å². The molecule has 1 fully saturated rings. The van der Waals surface area contributed by atoms with E-state index < -0.39 is 0 Å². The molecule has 1 aliphatic rings. The van der Waals surface area contributed by atoms with Gasteiger partial charge in [-0.25, -0.2) is 0 Å². The third-order valence-electron chi connectivity index (χ3n) is 3.22. The molecule has 0 radical (unpaired) electrons. The number of methoxy groups -OCH3 is 1. The number of morpholine rings is 1. The lowest BCUT2D eigenvalue weighted by atomic mass is 10.1. The van der Waals surface area contributed by atoms with E-state index in [0.717, 1.165) is 17.7 Å². The van der Waals surface area contributed by atoms with Crippen LogP contribution in [-0.4, -0.2) is 43.8 Å². The van der Waals surface area contributed by atoms with Crippen molar-refractivity contribution in [2.24, 2.45) is 0 Å². The number of rotatable bonds is 3. The number of carbonyl (C=O) groups excluding carboxylic acids is 1. The molecule has 1 aliphatic heterocycles. The first-order valence-electron chi connectivity index (χ1n) is 6.20. The Morgan fingerprint density at radius 3 is 2.89 bits per heavy atom. The SMILES string of the molecule is C#Cc1ccc(CN2CCOCC2C(=O)OC)cc1. The van der Waals surface area contributed by atoms with Gasteiger partial charge in [0, 0.05) is 18.7 Å². The van der Waals surface area contributed by atoms with Crippen LogP contribution in [0.4, 0.5) is 0 Å². The van der Waals surface area contributed by atoms with Crippen LogP contribution in [0.15, 0.2) is 24.3 Å². The first-order chi connectivity index (χ1) is 9.24. The monoisotopic (exact) mass is 259 g/mol. The van der Waals surface area contributed by atoms with Gasteiger partial charge in [-0.1, -0.05) is 18.1 Å². The van der Waals surface area contributed by atoms with Crippen LogP contribution in [0, 0.1) is 12.3 Å². The van der Waals surface area contributed by atoms with Gasteiger partial charge in [0.15, 0.2) is 0 Å². The fourth-order valence-electron chi connectivity index (χ4n) is 2.12. The Kier molecular flexibility index (Phi) is 4.56. The summed E-state index contributed by atoms with van der Waals surface area (Å²) in [6.07, 6.45) is 5.33. The van der Waals surface area contributed by atoms with Crippen LogP contribution in [0.1, 0.15) is 11.1 Å². The Bertz CT molecular complexity index is 475. The molecule has 0 saturated carbocycles. The Morgan fingerprint density at radius 2 is 2.26 bits per heavy atom. The molecule has 4 heteroatoms. The van der Waals surface area contributed by atoms with E-state index in [1.54, 1.807) is 0 Å². The summed E-state index contributed by atoms with van der Waals surface area (Å²) < 4.78 is 10.1. The van der Waals surface area contributed by atoms with Gasteiger partial charge in [-0.3, -0.25) is 9.69 Å². The number of esters is 1. The molecule has 100 valence electrons. The van der Waals surface area contributed by atoms with Gasteiger partial charge in [-0.05, 0) is 17.7 Å². The predicted molar refractivity (Wildman–Crippen MR) is 71.4 cm³/mol. The van der Waals surface area contributed by atoms with Crippen LogP contribution in [0.2, 0.25) is 0 Å². The zero-order chi connectivity index (χ0) is 13.7. The second kappa shape index (κ2) is 6.37. The Labute approximate surface area is 113 Å². The molecule has 1 aromatic rings. The van der Waals surface area contributed by atoms with Crippen molar-refractivity contribution in [1.82, 2.24) is 4.90 Å². The van der Waals surface area contributed by atoms with Gasteiger partial charge in [-0.2, -0.15) is 0 Å². The van der Waals surface area contributed by atoms with Crippen LogP contribution in [0.25, 0.3) is 0 Å². The lowest BCUT2D eigenvalue weighted by molar-refractivity contribution is -0.153. The van der Waals surface area contributed by atoms with Crippen LogP contribution >= 0.6 is 0 Å². The minimum atomic E-state index is -0.328. The van der Waals surface area contributed by atoms with Crippen molar-refractivity contribution in [3.63, 3.8) is 0 Å². The van der Waals surface area contributed by atoms with Crippen molar-refractivity contribution < 1.29 is 14.3 Å². The molecule has 4 nitrogen and oxygen atoms in total. The molecular weight excluding hydrogens is 242 g/mol. The summed E-state index contributed by atoms with van der Waals surface area (Å²) in [5.41, 5.74) is 1.98. The number of benzene rings is 1. The van der Waals surface area contributed by atoms with Gasteiger partial charge in [0.1, 0.15) is 6.04 Å². The number of hydrogen-bond acceptors (Lipinski definition) is 4. The highest BCUT2D eigenvalue weighted by molar-refractivity contribution is 5.75. The first kappa shape index (κ1) is 13.6. The second-order valence-electron chi connectivity index (χ2n) is 4.43. The molecule has 0 spiro atoms. The predicted octanol–water partition coefficient (Wildman–Crippen LogP) is 1.04. The van der Waals surface area contributed by atoms with Gasteiger partial charge < -0.3 is 9.47 Å². The van der Waals surface area contributed by atoms with Gasteiger partial charge in [0.25, 0.3) is 0 Å². The minimum Gasteiger partial charge on any atom is -0.468 e. The normalized spacial score (nSPS) is 19.7. The maximum absolute atomic E-state index is 11.7. The zero-order valence-electron chi connectivity index (χ0n) is 11.0. The summed E-state index contributed by atoms with van der Waals surface area (Å²) in [5, 5.41) is 0. The van der Waals surface area contributed by atoms with E-state index in [4.69, 9.17) is 15.9 Å². The summed E-state index contributed by atoms with van der Waals surface area (Å²) in [5.74, 6) is 2.34. The number of nitrogens with zero attached hydrogens (tertiary/aromatic N) is 1. The molecule has 0 bridgehead atoms. The third-order valence-corrected chi connectivity index (χ3v) is 3.22. The molecule has 0 N–H and O–H groups in total. The molecular formula is C15H17NO3. The van der Waals surface area contributed by atoms with E-state index in [1.807, 2.05) is 24.3 Å². The highest BCUT2D eigenvalue weighted by Crippen LogP contribution is 2.14. The van der Waals surface area contributed by atoms with Crippen molar-refractivity contribution in [3.8, 4) is 12.3 Å². The highest BCUT2D eigenvalue weighted by atomic mass is 16.5. The van der Waals surface area contributed by atoms with E-state index in [-0.39, 0.29) is 12.0 Å². The molecule has 1 saturated heterocycles. The molecule has 0 amide bonds. The number of hydrogen-bond donors (Lipinski definition) is 0. The summed E-state index contributed by atoms with van der Waals surface area (Å²) >= 11 is 0. The van der Waals surface area contributed by atoms with Gasteiger partial charge >= 0.3 is 5.97 Å². The fourth-order valence-corrected chi connectivity index (χ4v) is 2.12. The molecule has 1 aromatic carbocycles. The number of carbonyl (C=O) groups is 1. The quantitative estimate of drug-likeness (QED) is 0.600. The fraction of sp³-hybridized carbons (Fsp3) is 0.400. The Balaban J connectivity index is 2.06. The molecule has 1 heterocycles. The summed E-state index contributed by atoms with van der Waals surface area (Å²) in [7, 11) is 1.40. The smallest absolute Gasteiger partial charge is 0.325 e. The number of ether oxygens (including phenoxy) is 2. The van der Waals surface area contributed by atoms with Crippen molar-refractivity contribution in [2.45, 2.75) is 12.6 Å². The van der Waals surface area contributed by atoms with Crippen molar-refractivity contribution in [3.05, 3.63) is 35.4 Å². The van der Waals surface area contributed by atoms with Gasteiger partial charge in [0.05, 0.1) is 20.3 Å². The average molecular weight is 259 g/mol. The van der Waals surface area contributed by atoms with Crippen LogP contribution in [-0.2, 0) is 20.8 Å². The largest absolute Gasteiger partial charge is 0.468 e. The van der Waals surface area contributed by atoms with E-state index >= 15 is 0 Å². The van der Waals surface area contributed by atoms with Gasteiger partial charge in [-0.15, -0.1) is 6.42 Å². The van der Waals surface area contributed by atoms with E-state index in [9.17, 15) is 4.79 Å². The Morgan fingerprint density at radius 1 is 1.53 bits per heavy atom. The maximum atomic E-state index is 11.7. The molecule has 0 aliphatic carbocycles. The molecule has 1 unspecified atom stereocenters. The summed E-state index contributed by atoms with van der Waals surface area (Å²) in [6, 6.07) is 7.45. The van der Waals surface area contributed by atoms with E-state index in [1.165, 1.54) is 7.11 Å². The maximum Gasteiger partial charge on any atom is 0.325 e.